The van der Waals surface area contributed by atoms with Gasteiger partial charge in [-0.15, -0.1) is 0 Å². The molecule has 2 bridgehead atoms. The summed E-state index contributed by atoms with van der Waals surface area (Å²) < 4.78 is 5.64. The van der Waals surface area contributed by atoms with Gasteiger partial charge < -0.3 is 15.4 Å². The van der Waals surface area contributed by atoms with Gasteiger partial charge in [-0.1, -0.05) is 0 Å². The summed E-state index contributed by atoms with van der Waals surface area (Å²) >= 11 is 0. The maximum atomic E-state index is 5.65. The van der Waals surface area contributed by atoms with E-state index in [0.29, 0.717) is 6.23 Å². The van der Waals surface area contributed by atoms with Gasteiger partial charge >= 0.3 is 0 Å². The van der Waals surface area contributed by atoms with Crippen molar-refractivity contribution in [2.75, 3.05) is 23.8 Å². The lowest BCUT2D eigenvalue weighted by Gasteiger charge is -2.29. The Hall–Kier alpha value is -1.22. The Morgan fingerprint density at radius 3 is 2.64 bits per heavy atom. The summed E-state index contributed by atoms with van der Waals surface area (Å²) in [5.41, 5.74) is 7.70. The molecule has 1 aromatic rings. The monoisotopic (exact) mass is 190 g/mol. The van der Waals surface area contributed by atoms with Gasteiger partial charge in [-0.05, 0) is 30.7 Å². The standard InChI is InChI=1S/C11H14N2O/c12-9-1-3-10(4-2-9)13-6-8-5-11(13)14-7-8/h1-4,8,11H,5-7,12H2/t8-,11+/m1/s1. The van der Waals surface area contributed by atoms with Crippen LogP contribution >= 0.6 is 0 Å². The maximum Gasteiger partial charge on any atom is 0.130 e. The molecule has 2 fully saturated rings. The van der Waals surface area contributed by atoms with Crippen molar-refractivity contribution in [2.24, 2.45) is 5.92 Å². The topological polar surface area (TPSA) is 38.5 Å². The molecule has 74 valence electrons. The quantitative estimate of drug-likeness (QED) is 0.681. The third-order valence-corrected chi connectivity index (χ3v) is 3.09. The van der Waals surface area contributed by atoms with Gasteiger partial charge in [0.05, 0.1) is 6.61 Å². The molecule has 0 unspecified atom stereocenters. The second-order valence-electron chi connectivity index (χ2n) is 4.13. The van der Waals surface area contributed by atoms with Gasteiger partial charge in [0, 0.05) is 23.8 Å². The van der Waals surface area contributed by atoms with Crippen molar-refractivity contribution in [3.8, 4) is 0 Å². The van der Waals surface area contributed by atoms with Crippen LogP contribution in [0.15, 0.2) is 24.3 Å². The Bertz CT molecular complexity index is 336. The highest BCUT2D eigenvalue weighted by Gasteiger charge is 2.38. The molecule has 2 atom stereocenters. The molecule has 3 heteroatoms. The fourth-order valence-corrected chi connectivity index (χ4v) is 2.35. The lowest BCUT2D eigenvalue weighted by molar-refractivity contribution is 0.0860. The van der Waals surface area contributed by atoms with E-state index in [1.165, 1.54) is 12.1 Å². The number of rotatable bonds is 1. The molecule has 2 saturated heterocycles. The number of nitrogens with two attached hydrogens (primary N) is 1. The summed E-state index contributed by atoms with van der Waals surface area (Å²) in [5, 5.41) is 0. The summed E-state index contributed by atoms with van der Waals surface area (Å²) in [4.78, 5) is 2.33. The average Bonchev–Trinajstić information content (AvgIpc) is 2.80. The van der Waals surface area contributed by atoms with Crippen LogP contribution in [0.3, 0.4) is 0 Å². The molecule has 0 aromatic heterocycles. The molecular formula is C11H14N2O. The van der Waals surface area contributed by atoms with Crippen LogP contribution in [-0.4, -0.2) is 19.4 Å². The Morgan fingerprint density at radius 2 is 2.07 bits per heavy atom. The van der Waals surface area contributed by atoms with Crippen molar-refractivity contribution >= 4 is 11.4 Å². The number of benzene rings is 1. The Morgan fingerprint density at radius 1 is 1.29 bits per heavy atom. The number of nitrogens with zero attached hydrogens (tertiary/aromatic N) is 1. The van der Waals surface area contributed by atoms with E-state index in [9.17, 15) is 0 Å². The first-order valence-corrected chi connectivity index (χ1v) is 5.07. The van der Waals surface area contributed by atoms with Crippen molar-refractivity contribution in [3.63, 3.8) is 0 Å². The van der Waals surface area contributed by atoms with Crippen LogP contribution in [0.4, 0.5) is 11.4 Å². The van der Waals surface area contributed by atoms with Gasteiger partial charge in [0.15, 0.2) is 0 Å². The van der Waals surface area contributed by atoms with E-state index in [4.69, 9.17) is 10.5 Å². The van der Waals surface area contributed by atoms with Crippen molar-refractivity contribution in [1.29, 1.82) is 0 Å². The molecule has 2 aliphatic heterocycles. The van der Waals surface area contributed by atoms with Gasteiger partial charge in [-0.25, -0.2) is 0 Å². The fraction of sp³-hybridized carbons (Fsp3) is 0.455. The van der Waals surface area contributed by atoms with Crippen molar-refractivity contribution in [3.05, 3.63) is 24.3 Å². The third-order valence-electron chi connectivity index (χ3n) is 3.09. The minimum atomic E-state index is 0.309. The Labute approximate surface area is 83.5 Å². The normalized spacial score (nSPS) is 29.9. The van der Waals surface area contributed by atoms with Crippen LogP contribution in [0.5, 0.6) is 0 Å². The van der Waals surface area contributed by atoms with E-state index in [0.717, 1.165) is 24.8 Å². The Kier molecular flexibility index (Phi) is 1.67. The van der Waals surface area contributed by atoms with E-state index < -0.39 is 0 Å². The number of fused-ring (bicyclic) bond motifs is 2. The minimum Gasteiger partial charge on any atom is -0.399 e. The van der Waals surface area contributed by atoms with Crippen LogP contribution < -0.4 is 10.6 Å². The SMILES string of the molecule is Nc1ccc(N2C[C@@H]3CO[C@H]2C3)cc1. The van der Waals surface area contributed by atoms with Crippen LogP contribution in [0, 0.1) is 5.92 Å². The molecule has 0 spiro atoms. The van der Waals surface area contributed by atoms with Crippen molar-refractivity contribution < 1.29 is 4.74 Å². The molecule has 1 aromatic carbocycles. The number of ether oxygens (including phenoxy) is 1. The molecule has 0 saturated carbocycles. The van der Waals surface area contributed by atoms with E-state index in [1.54, 1.807) is 0 Å². The predicted molar refractivity (Wildman–Crippen MR) is 56.0 cm³/mol. The van der Waals surface area contributed by atoms with Gasteiger partial charge in [0.25, 0.3) is 0 Å². The maximum absolute atomic E-state index is 5.65. The molecule has 3 rings (SSSR count). The van der Waals surface area contributed by atoms with Gasteiger partial charge in [-0.2, -0.15) is 0 Å². The molecule has 14 heavy (non-hydrogen) atoms. The van der Waals surface area contributed by atoms with E-state index in [1.807, 2.05) is 12.1 Å². The third kappa shape index (κ3) is 1.16. The summed E-state index contributed by atoms with van der Waals surface area (Å²) in [6.45, 7) is 2.07. The summed E-state index contributed by atoms with van der Waals surface area (Å²) in [7, 11) is 0. The second kappa shape index (κ2) is 2.89. The van der Waals surface area contributed by atoms with E-state index >= 15 is 0 Å². The number of hydrogen-bond donors (Lipinski definition) is 1. The molecule has 2 heterocycles. The Balaban J connectivity index is 1.86. The highest BCUT2D eigenvalue weighted by molar-refractivity contribution is 5.54. The predicted octanol–water partition coefficient (Wildman–Crippen LogP) is 1.45. The van der Waals surface area contributed by atoms with Gasteiger partial charge in [-0.3, -0.25) is 0 Å². The zero-order chi connectivity index (χ0) is 9.54. The van der Waals surface area contributed by atoms with Crippen LogP contribution in [0.1, 0.15) is 6.42 Å². The number of anilines is 2. The van der Waals surface area contributed by atoms with Gasteiger partial charge in [0.1, 0.15) is 6.23 Å². The first-order valence-electron chi connectivity index (χ1n) is 5.07. The lowest BCUT2D eigenvalue weighted by Crippen LogP contribution is -2.35. The smallest absolute Gasteiger partial charge is 0.130 e. The summed E-state index contributed by atoms with van der Waals surface area (Å²) in [6.07, 6.45) is 1.49. The molecule has 0 amide bonds. The molecular weight excluding hydrogens is 176 g/mol. The second-order valence-corrected chi connectivity index (χ2v) is 4.13. The molecule has 2 aliphatic rings. The zero-order valence-corrected chi connectivity index (χ0v) is 8.02. The highest BCUT2D eigenvalue weighted by Crippen LogP contribution is 2.35. The molecule has 0 radical (unpaired) electrons. The summed E-state index contributed by atoms with van der Waals surface area (Å²) in [6, 6.07) is 8.03. The first kappa shape index (κ1) is 8.12. The van der Waals surface area contributed by atoms with Crippen molar-refractivity contribution in [2.45, 2.75) is 12.6 Å². The number of hydrogen-bond acceptors (Lipinski definition) is 3. The van der Waals surface area contributed by atoms with Crippen molar-refractivity contribution in [1.82, 2.24) is 0 Å². The van der Waals surface area contributed by atoms with Gasteiger partial charge in [0.2, 0.25) is 0 Å². The fourth-order valence-electron chi connectivity index (χ4n) is 2.35. The highest BCUT2D eigenvalue weighted by atomic mass is 16.5. The largest absolute Gasteiger partial charge is 0.399 e. The van der Waals surface area contributed by atoms with E-state index in [-0.39, 0.29) is 0 Å². The molecule has 0 aliphatic carbocycles. The summed E-state index contributed by atoms with van der Waals surface area (Å²) in [5.74, 6) is 0.734. The lowest BCUT2D eigenvalue weighted by atomic mass is 10.2. The zero-order valence-electron chi connectivity index (χ0n) is 8.02. The number of nitrogen functional groups attached to an aromatic ring is 1. The van der Waals surface area contributed by atoms with Crippen LogP contribution in [0.2, 0.25) is 0 Å². The minimum absolute atomic E-state index is 0.309. The molecule has 2 N–H and O–H groups in total. The average molecular weight is 190 g/mol. The van der Waals surface area contributed by atoms with Crippen LogP contribution in [0.25, 0.3) is 0 Å². The first-order chi connectivity index (χ1) is 6.83. The molecule has 3 nitrogen and oxygen atoms in total. The van der Waals surface area contributed by atoms with E-state index in [2.05, 4.69) is 17.0 Å². The van der Waals surface area contributed by atoms with Crippen LogP contribution in [-0.2, 0) is 4.74 Å².